The van der Waals surface area contributed by atoms with Crippen LogP contribution in [-0.4, -0.2) is 55.2 Å². The predicted molar refractivity (Wildman–Crippen MR) is 165 cm³/mol. The maximum Gasteiger partial charge on any atom is 0.407 e. The Bertz CT molecular complexity index is 1600. The largest absolute Gasteiger partial charge is 0.478 e. The van der Waals surface area contributed by atoms with Crippen LogP contribution in [0.2, 0.25) is 5.02 Å². The number of amides is 2. The highest BCUT2D eigenvalue weighted by Crippen LogP contribution is 2.50. The summed E-state index contributed by atoms with van der Waals surface area (Å²) in [5.41, 5.74) is 3.70. The molecule has 1 fully saturated rings. The summed E-state index contributed by atoms with van der Waals surface area (Å²) >= 11 is 6.52. The van der Waals surface area contributed by atoms with Gasteiger partial charge in [-0.05, 0) is 45.6 Å². The second-order valence-corrected chi connectivity index (χ2v) is 12.5. The summed E-state index contributed by atoms with van der Waals surface area (Å²) in [6.07, 6.45) is 2.64. The smallest absolute Gasteiger partial charge is 0.407 e. The van der Waals surface area contributed by atoms with Crippen LogP contribution >= 0.6 is 11.6 Å². The molecule has 2 aromatic carbocycles. The molecule has 3 aromatic rings. The van der Waals surface area contributed by atoms with Gasteiger partial charge in [-0.3, -0.25) is 4.79 Å². The Morgan fingerprint density at radius 1 is 1.15 bits per heavy atom. The fraction of sp³-hybridized carbons (Fsp3) is 0.424. The Morgan fingerprint density at radius 3 is 2.59 bits per heavy atom. The van der Waals surface area contributed by atoms with Gasteiger partial charge in [0.2, 0.25) is 0 Å². The van der Waals surface area contributed by atoms with Crippen LogP contribution in [-0.2, 0) is 26.2 Å². The number of nitrogens with one attached hydrogen (secondary N) is 1. The van der Waals surface area contributed by atoms with Gasteiger partial charge in [-0.2, -0.15) is 0 Å². The third-order valence-electron chi connectivity index (χ3n) is 7.53. The van der Waals surface area contributed by atoms with Crippen LogP contribution in [0.1, 0.15) is 61.5 Å². The molecule has 0 bridgehead atoms. The van der Waals surface area contributed by atoms with Crippen molar-refractivity contribution in [2.45, 2.75) is 63.9 Å². The molecule has 1 saturated heterocycles. The quantitative estimate of drug-likeness (QED) is 0.251. The molecule has 13 heteroatoms. The van der Waals surface area contributed by atoms with E-state index in [0.717, 1.165) is 31.5 Å². The zero-order chi connectivity index (χ0) is 33.1. The van der Waals surface area contributed by atoms with Gasteiger partial charge in [-0.1, -0.05) is 41.9 Å². The van der Waals surface area contributed by atoms with Gasteiger partial charge < -0.3 is 34.7 Å². The van der Waals surface area contributed by atoms with Crippen molar-refractivity contribution in [3.05, 3.63) is 75.9 Å². The third kappa shape index (κ3) is 7.35. The lowest BCUT2D eigenvalue weighted by Crippen LogP contribution is -2.44. The summed E-state index contributed by atoms with van der Waals surface area (Å²) in [6, 6.07) is 9.95. The first-order valence-electron chi connectivity index (χ1n) is 14.9. The molecule has 1 aromatic heterocycles. The SMILES string of the molecule is CC(C)(C)NC(=O)OC[C@@]1(c2ccccc2)Cc2c(cc(F)c(Cl)c2-c2c(C(N)=O)cnc(OCCO[C@H]3CCCCO3)c2F)O1. The number of nitrogens with zero attached hydrogens (tertiary/aromatic N) is 1. The van der Waals surface area contributed by atoms with Crippen LogP contribution in [0.25, 0.3) is 11.1 Å². The topological polar surface area (TPSA) is 131 Å². The zero-order valence-corrected chi connectivity index (χ0v) is 26.5. The Balaban J connectivity index is 1.51. The number of aromatic nitrogens is 1. The maximum absolute atomic E-state index is 16.3. The van der Waals surface area contributed by atoms with Gasteiger partial charge in [0.1, 0.15) is 24.8 Å². The van der Waals surface area contributed by atoms with E-state index in [0.29, 0.717) is 12.2 Å². The molecule has 5 rings (SSSR count). The number of ether oxygens (including phenoxy) is 5. The van der Waals surface area contributed by atoms with E-state index in [1.165, 1.54) is 0 Å². The minimum Gasteiger partial charge on any atom is -0.478 e. The molecule has 0 saturated carbocycles. The number of halogens is 3. The van der Waals surface area contributed by atoms with E-state index in [1.54, 1.807) is 51.1 Å². The van der Waals surface area contributed by atoms with Gasteiger partial charge >= 0.3 is 6.09 Å². The molecule has 10 nitrogen and oxygen atoms in total. The molecule has 2 aliphatic heterocycles. The first kappa shape index (κ1) is 33.4. The molecule has 0 radical (unpaired) electrons. The van der Waals surface area contributed by atoms with Crippen LogP contribution in [0.15, 0.2) is 42.6 Å². The molecular formula is C33H36ClF2N3O7. The number of benzene rings is 2. The lowest BCUT2D eigenvalue weighted by molar-refractivity contribution is -0.165. The highest BCUT2D eigenvalue weighted by molar-refractivity contribution is 6.34. The van der Waals surface area contributed by atoms with Crippen molar-refractivity contribution in [1.29, 1.82) is 0 Å². The number of alkyl carbamates (subject to hydrolysis) is 1. The first-order chi connectivity index (χ1) is 21.9. The average molecular weight is 660 g/mol. The highest BCUT2D eigenvalue weighted by Gasteiger charge is 2.45. The average Bonchev–Trinajstić information content (AvgIpc) is 3.39. The molecule has 0 aliphatic carbocycles. The number of pyridine rings is 1. The van der Waals surface area contributed by atoms with Gasteiger partial charge in [0.25, 0.3) is 11.8 Å². The van der Waals surface area contributed by atoms with Gasteiger partial charge in [-0.25, -0.2) is 18.6 Å². The molecule has 0 spiro atoms. The van der Waals surface area contributed by atoms with Crippen molar-refractivity contribution in [3.8, 4) is 22.8 Å². The van der Waals surface area contributed by atoms with Crippen molar-refractivity contribution in [1.82, 2.24) is 10.3 Å². The summed E-state index contributed by atoms with van der Waals surface area (Å²) < 4.78 is 60.5. The molecule has 3 N–H and O–H groups in total. The summed E-state index contributed by atoms with van der Waals surface area (Å²) in [4.78, 5) is 29.1. The molecule has 2 aliphatic rings. The second kappa shape index (κ2) is 13.8. The van der Waals surface area contributed by atoms with Gasteiger partial charge in [0.15, 0.2) is 17.7 Å². The van der Waals surface area contributed by atoms with E-state index in [9.17, 15) is 9.59 Å². The summed E-state index contributed by atoms with van der Waals surface area (Å²) in [5.74, 6) is -3.46. The van der Waals surface area contributed by atoms with Crippen molar-refractivity contribution in [2.24, 2.45) is 5.73 Å². The number of fused-ring (bicyclic) bond motifs is 1. The maximum atomic E-state index is 16.3. The van der Waals surface area contributed by atoms with Crippen LogP contribution in [0.4, 0.5) is 13.6 Å². The Hall–Kier alpha value is -4.00. The predicted octanol–water partition coefficient (Wildman–Crippen LogP) is 6.06. The second-order valence-electron chi connectivity index (χ2n) is 12.2. The lowest BCUT2D eigenvalue weighted by Gasteiger charge is -2.30. The molecule has 3 heterocycles. The van der Waals surface area contributed by atoms with Gasteiger partial charge in [0, 0.05) is 47.5 Å². The molecule has 46 heavy (non-hydrogen) atoms. The van der Waals surface area contributed by atoms with Crippen LogP contribution in [0, 0.1) is 11.6 Å². The van der Waals surface area contributed by atoms with E-state index < -0.39 is 51.2 Å². The van der Waals surface area contributed by atoms with Crippen LogP contribution in [0.5, 0.6) is 11.6 Å². The first-order valence-corrected chi connectivity index (χ1v) is 15.3. The monoisotopic (exact) mass is 659 g/mol. The van der Waals surface area contributed by atoms with Crippen molar-refractivity contribution in [3.63, 3.8) is 0 Å². The zero-order valence-electron chi connectivity index (χ0n) is 25.8. The van der Waals surface area contributed by atoms with E-state index in [4.69, 9.17) is 41.0 Å². The minimum absolute atomic E-state index is 0.0237. The van der Waals surface area contributed by atoms with Gasteiger partial charge in [0.05, 0.1) is 17.2 Å². The molecule has 246 valence electrons. The van der Waals surface area contributed by atoms with Crippen molar-refractivity contribution < 1.29 is 42.1 Å². The molecule has 2 amide bonds. The number of hydrogen-bond acceptors (Lipinski definition) is 8. The minimum atomic E-state index is -1.35. The third-order valence-corrected chi connectivity index (χ3v) is 7.90. The van der Waals surface area contributed by atoms with Crippen LogP contribution in [0.3, 0.4) is 0 Å². The standard InChI is InChI=1S/C33H36ClF2N3O7/c1-32(2,3)39-31(41)45-18-33(19-9-5-4-6-10-19)16-20-23(46-33)15-22(35)27(34)25(20)26-21(29(37)40)17-38-30(28(26)36)44-14-13-43-24-11-7-8-12-42-24/h4-6,9-10,15,17,24H,7-8,11-14,16,18H2,1-3H3,(H2,37,40)(H,39,41)/t24-,33+/m0/s1. The lowest BCUT2D eigenvalue weighted by atomic mass is 9.86. The van der Waals surface area contributed by atoms with E-state index in [-0.39, 0.29) is 55.0 Å². The van der Waals surface area contributed by atoms with Gasteiger partial charge in [-0.15, -0.1) is 0 Å². The summed E-state index contributed by atoms with van der Waals surface area (Å²) in [5, 5.41) is 2.26. The fourth-order valence-corrected chi connectivity index (χ4v) is 5.72. The Morgan fingerprint density at radius 2 is 1.91 bits per heavy atom. The molecule has 2 atom stereocenters. The number of carbonyl (C=O) groups is 2. The van der Waals surface area contributed by atoms with Crippen LogP contribution < -0.4 is 20.5 Å². The number of carbonyl (C=O) groups excluding carboxylic acids is 2. The van der Waals surface area contributed by atoms with E-state index in [1.807, 2.05) is 0 Å². The number of rotatable bonds is 10. The van der Waals surface area contributed by atoms with E-state index >= 15 is 8.78 Å². The summed E-state index contributed by atoms with van der Waals surface area (Å²) in [6.45, 7) is 5.73. The number of hydrogen-bond donors (Lipinski definition) is 2. The van der Waals surface area contributed by atoms with Crippen molar-refractivity contribution in [2.75, 3.05) is 26.4 Å². The number of nitrogens with two attached hydrogens (primary N) is 1. The Labute approximate surface area is 270 Å². The fourth-order valence-electron chi connectivity index (χ4n) is 5.45. The summed E-state index contributed by atoms with van der Waals surface area (Å²) in [7, 11) is 0. The van der Waals surface area contributed by atoms with E-state index in [2.05, 4.69) is 10.3 Å². The number of primary amides is 1. The molecule has 0 unspecified atom stereocenters. The highest BCUT2D eigenvalue weighted by atomic mass is 35.5. The normalized spacial score (nSPS) is 19.2. The van der Waals surface area contributed by atoms with Crippen molar-refractivity contribution >= 4 is 23.6 Å². The molecular weight excluding hydrogens is 624 g/mol. The Kier molecular flexibility index (Phi) is 9.99.